The number of carbonyl (C=O) groups excluding carboxylic acids is 1. The van der Waals surface area contributed by atoms with Gasteiger partial charge in [-0.2, -0.15) is 0 Å². The molecule has 0 spiro atoms. The molecule has 1 unspecified atom stereocenters. The van der Waals surface area contributed by atoms with E-state index in [4.69, 9.17) is 4.65 Å². The highest BCUT2D eigenvalue weighted by Gasteiger charge is 2.38. The number of aromatic carboxylic acids is 1. The Morgan fingerprint density at radius 2 is 2.07 bits per heavy atom. The lowest BCUT2D eigenvalue weighted by molar-refractivity contribution is -0.122. The molecule has 3 rings (SSSR count). The number of rotatable bonds is 8. The van der Waals surface area contributed by atoms with Crippen LogP contribution in [-0.2, 0) is 11.2 Å². The van der Waals surface area contributed by atoms with Crippen molar-refractivity contribution in [3.63, 3.8) is 0 Å². The molecule has 9 heteroatoms. The van der Waals surface area contributed by atoms with Gasteiger partial charge in [0.15, 0.2) is 0 Å². The highest BCUT2D eigenvalue weighted by Crippen LogP contribution is 2.30. The van der Waals surface area contributed by atoms with Crippen LogP contribution in [0.25, 0.3) is 0 Å². The number of amides is 1. The molecule has 4 N–H and O–H groups in total. The zero-order valence-corrected chi connectivity index (χ0v) is 16.9. The van der Waals surface area contributed by atoms with E-state index in [1.807, 2.05) is 0 Å². The standard InChI is InChI=1S/C20H30BN3O5/c1-2-22-8-11-24-9-6-14(7-10-24)12-18(25)23-17-13-15-4-3-5-16(20(26)27)19(15)29-21(17)28/h3-5,14,17,22,28H,2,6-13H2,1H3,(H,23,25)(H,26,27). The Labute approximate surface area is 171 Å². The van der Waals surface area contributed by atoms with Gasteiger partial charge in [-0.05, 0) is 56.4 Å². The Balaban J connectivity index is 1.48. The fourth-order valence-electron chi connectivity index (χ4n) is 4.07. The number of hydrogen-bond donors (Lipinski definition) is 4. The van der Waals surface area contributed by atoms with Crippen LogP contribution in [0.15, 0.2) is 18.2 Å². The summed E-state index contributed by atoms with van der Waals surface area (Å²) in [6, 6.07) is 4.85. The average molecular weight is 403 g/mol. The quantitative estimate of drug-likeness (QED) is 0.370. The molecular weight excluding hydrogens is 373 g/mol. The van der Waals surface area contributed by atoms with E-state index in [9.17, 15) is 19.7 Å². The van der Waals surface area contributed by atoms with Crippen molar-refractivity contribution in [2.75, 3.05) is 32.7 Å². The Kier molecular flexibility index (Phi) is 7.52. The molecule has 0 aromatic heterocycles. The molecule has 0 bridgehead atoms. The maximum atomic E-state index is 12.5. The van der Waals surface area contributed by atoms with Crippen LogP contribution in [0.1, 0.15) is 42.1 Å². The summed E-state index contributed by atoms with van der Waals surface area (Å²) in [5, 5.41) is 25.7. The summed E-state index contributed by atoms with van der Waals surface area (Å²) in [4.78, 5) is 26.3. The molecule has 0 saturated carbocycles. The molecule has 1 aromatic carbocycles. The van der Waals surface area contributed by atoms with Gasteiger partial charge in [0, 0.05) is 19.5 Å². The molecule has 1 saturated heterocycles. The molecule has 0 radical (unpaired) electrons. The van der Waals surface area contributed by atoms with Crippen LogP contribution in [-0.4, -0.2) is 72.7 Å². The number of piperidine rings is 1. The summed E-state index contributed by atoms with van der Waals surface area (Å²) < 4.78 is 5.44. The summed E-state index contributed by atoms with van der Waals surface area (Å²) in [5.41, 5.74) is 0.696. The van der Waals surface area contributed by atoms with Crippen molar-refractivity contribution < 1.29 is 24.4 Å². The number of carboxylic acid groups (broad SMARTS) is 1. The van der Waals surface area contributed by atoms with Crippen LogP contribution < -0.4 is 15.3 Å². The fourth-order valence-corrected chi connectivity index (χ4v) is 4.07. The number of likely N-dealkylation sites (tertiary alicyclic amines) is 1. The number of para-hydroxylation sites is 1. The SMILES string of the molecule is CCNCCN1CCC(CC(=O)NC2Cc3cccc(C(=O)O)c3OB2O)CC1. The van der Waals surface area contributed by atoms with Crippen LogP contribution in [0.4, 0.5) is 0 Å². The third kappa shape index (κ3) is 5.71. The Morgan fingerprint density at radius 3 is 2.76 bits per heavy atom. The average Bonchev–Trinajstić information content (AvgIpc) is 2.69. The fraction of sp³-hybridized carbons (Fsp3) is 0.600. The normalized spacial score (nSPS) is 20.1. The molecule has 158 valence electrons. The second-order valence-electron chi connectivity index (χ2n) is 7.83. The summed E-state index contributed by atoms with van der Waals surface area (Å²) >= 11 is 0. The van der Waals surface area contributed by atoms with Gasteiger partial charge in [0.25, 0.3) is 0 Å². The first kappa shape index (κ1) is 21.6. The molecule has 29 heavy (non-hydrogen) atoms. The summed E-state index contributed by atoms with van der Waals surface area (Å²) in [5.74, 6) is -1.25. The van der Waals surface area contributed by atoms with Gasteiger partial charge in [-0.3, -0.25) is 4.79 Å². The highest BCUT2D eigenvalue weighted by atomic mass is 16.5. The molecule has 2 heterocycles. The van der Waals surface area contributed by atoms with E-state index in [0.717, 1.165) is 45.6 Å². The lowest BCUT2D eigenvalue weighted by Gasteiger charge is -2.32. The van der Waals surface area contributed by atoms with Gasteiger partial charge >= 0.3 is 13.1 Å². The first-order valence-electron chi connectivity index (χ1n) is 10.4. The second-order valence-corrected chi connectivity index (χ2v) is 7.83. The number of likely N-dealkylation sites (N-methyl/N-ethyl adjacent to an activating group) is 1. The number of carbonyl (C=O) groups is 2. The van der Waals surface area contributed by atoms with Crippen LogP contribution >= 0.6 is 0 Å². The van der Waals surface area contributed by atoms with Crippen LogP contribution in [0.2, 0.25) is 0 Å². The zero-order valence-electron chi connectivity index (χ0n) is 16.9. The minimum Gasteiger partial charge on any atom is -0.534 e. The Bertz CT molecular complexity index is 724. The van der Waals surface area contributed by atoms with Gasteiger partial charge in [0.05, 0.1) is 11.5 Å². The summed E-state index contributed by atoms with van der Waals surface area (Å²) in [6.07, 6.45) is 2.76. The number of nitrogens with zero attached hydrogens (tertiary/aromatic N) is 1. The lowest BCUT2D eigenvalue weighted by atomic mass is 9.72. The van der Waals surface area contributed by atoms with E-state index in [1.165, 1.54) is 6.07 Å². The van der Waals surface area contributed by atoms with Crippen molar-refractivity contribution in [1.29, 1.82) is 0 Å². The molecule has 8 nitrogen and oxygen atoms in total. The van der Waals surface area contributed by atoms with Crippen LogP contribution in [0.5, 0.6) is 5.75 Å². The van der Waals surface area contributed by atoms with E-state index < -0.39 is 19.0 Å². The number of benzene rings is 1. The topological polar surface area (TPSA) is 111 Å². The molecule has 2 aliphatic heterocycles. The van der Waals surface area contributed by atoms with Crippen LogP contribution in [0.3, 0.4) is 0 Å². The van der Waals surface area contributed by atoms with Crippen molar-refractivity contribution in [2.24, 2.45) is 5.92 Å². The minimum absolute atomic E-state index is 0.0206. The van der Waals surface area contributed by atoms with Gasteiger partial charge in [-0.1, -0.05) is 19.1 Å². The largest absolute Gasteiger partial charge is 0.547 e. The third-order valence-electron chi connectivity index (χ3n) is 5.73. The van der Waals surface area contributed by atoms with E-state index in [2.05, 4.69) is 22.5 Å². The van der Waals surface area contributed by atoms with Crippen molar-refractivity contribution in [1.82, 2.24) is 15.5 Å². The molecular formula is C20H30BN3O5. The van der Waals surface area contributed by atoms with Crippen molar-refractivity contribution >= 4 is 19.0 Å². The van der Waals surface area contributed by atoms with E-state index in [0.29, 0.717) is 24.3 Å². The van der Waals surface area contributed by atoms with Gasteiger partial charge < -0.3 is 30.3 Å². The monoisotopic (exact) mass is 403 g/mol. The second kappa shape index (κ2) is 10.1. The molecule has 0 aliphatic carbocycles. The van der Waals surface area contributed by atoms with Gasteiger partial charge in [0.1, 0.15) is 5.75 Å². The van der Waals surface area contributed by atoms with Gasteiger partial charge in [-0.25, -0.2) is 4.79 Å². The first-order valence-corrected chi connectivity index (χ1v) is 10.4. The molecule has 1 fully saturated rings. The first-order chi connectivity index (χ1) is 14.0. The van der Waals surface area contributed by atoms with Gasteiger partial charge in [0.2, 0.25) is 5.91 Å². The van der Waals surface area contributed by atoms with Crippen molar-refractivity contribution in [3.05, 3.63) is 29.3 Å². The minimum atomic E-state index is -1.26. The van der Waals surface area contributed by atoms with Crippen molar-refractivity contribution in [2.45, 2.75) is 38.5 Å². The maximum Gasteiger partial charge on any atom is 0.547 e. The number of carboxylic acids is 1. The third-order valence-corrected chi connectivity index (χ3v) is 5.73. The van der Waals surface area contributed by atoms with Crippen LogP contribution in [0, 0.1) is 5.92 Å². The Hall–Kier alpha value is -2.10. The van der Waals surface area contributed by atoms with E-state index in [1.54, 1.807) is 12.1 Å². The predicted octanol–water partition coefficient (Wildman–Crippen LogP) is 0.536. The van der Waals surface area contributed by atoms with Gasteiger partial charge in [-0.15, -0.1) is 0 Å². The molecule has 1 atom stereocenters. The number of fused-ring (bicyclic) bond motifs is 1. The van der Waals surface area contributed by atoms with Crippen molar-refractivity contribution in [3.8, 4) is 5.75 Å². The van der Waals surface area contributed by atoms with E-state index >= 15 is 0 Å². The molecule has 1 aromatic rings. The molecule has 1 amide bonds. The predicted molar refractivity (Wildman–Crippen MR) is 110 cm³/mol. The molecule has 2 aliphatic rings. The number of hydrogen-bond acceptors (Lipinski definition) is 6. The number of nitrogens with one attached hydrogen (secondary N) is 2. The van der Waals surface area contributed by atoms with E-state index in [-0.39, 0.29) is 17.2 Å². The smallest absolute Gasteiger partial charge is 0.534 e. The zero-order chi connectivity index (χ0) is 20.8. The maximum absolute atomic E-state index is 12.5. The lowest BCUT2D eigenvalue weighted by Crippen LogP contribution is -2.53. The summed E-state index contributed by atoms with van der Waals surface area (Å²) in [7, 11) is -1.26. The Morgan fingerprint density at radius 1 is 1.31 bits per heavy atom. The summed E-state index contributed by atoms with van der Waals surface area (Å²) in [6.45, 7) is 7.12. The highest BCUT2D eigenvalue weighted by molar-refractivity contribution is 6.47.